The van der Waals surface area contributed by atoms with Crippen LogP contribution >= 0.6 is 12.4 Å². The van der Waals surface area contributed by atoms with Gasteiger partial charge in [0.15, 0.2) is 0 Å². The topological polar surface area (TPSA) is 50.8 Å². The van der Waals surface area contributed by atoms with Crippen LogP contribution in [0.1, 0.15) is 57.1 Å². The first-order valence-corrected chi connectivity index (χ1v) is 10.00. The Hall–Kier alpha value is -1.30. The lowest BCUT2D eigenvalue weighted by molar-refractivity contribution is -0.150. The number of para-hydroxylation sites is 1. The summed E-state index contributed by atoms with van der Waals surface area (Å²) >= 11 is 0. The molecule has 1 aromatic carbocycles. The number of halogens is 1. The van der Waals surface area contributed by atoms with Gasteiger partial charge in [-0.2, -0.15) is 0 Å². The first-order valence-electron chi connectivity index (χ1n) is 10.00. The lowest BCUT2D eigenvalue weighted by atomic mass is 10.0. The van der Waals surface area contributed by atoms with Crippen LogP contribution in [0.5, 0.6) is 5.75 Å². The van der Waals surface area contributed by atoms with Gasteiger partial charge in [0.2, 0.25) is 0 Å². The van der Waals surface area contributed by atoms with Crippen molar-refractivity contribution in [3.63, 3.8) is 0 Å². The van der Waals surface area contributed by atoms with Gasteiger partial charge in [-0.05, 0) is 25.8 Å². The largest absolute Gasteiger partial charge is 0.496 e. The number of amides is 1. The first-order chi connectivity index (χ1) is 12.7. The molecule has 1 heterocycles. The summed E-state index contributed by atoms with van der Waals surface area (Å²) in [6, 6.07) is 7.95. The minimum Gasteiger partial charge on any atom is -0.496 e. The summed E-state index contributed by atoms with van der Waals surface area (Å²) in [5.41, 5.74) is 1.05. The number of rotatable bonds is 5. The lowest BCUT2D eigenvalue weighted by Gasteiger charge is -2.38. The summed E-state index contributed by atoms with van der Waals surface area (Å²) < 4.78 is 11.7. The van der Waals surface area contributed by atoms with Crippen molar-refractivity contribution in [2.75, 3.05) is 26.7 Å². The molecule has 1 aromatic rings. The van der Waals surface area contributed by atoms with Gasteiger partial charge in [-0.3, -0.25) is 4.79 Å². The Morgan fingerprint density at radius 3 is 2.59 bits per heavy atom. The number of hydrogen-bond acceptors (Lipinski definition) is 4. The van der Waals surface area contributed by atoms with E-state index in [1.165, 1.54) is 25.7 Å². The van der Waals surface area contributed by atoms with Gasteiger partial charge in [-0.15, -0.1) is 12.4 Å². The molecule has 6 heteroatoms. The summed E-state index contributed by atoms with van der Waals surface area (Å²) in [5, 5.41) is 3.41. The third kappa shape index (κ3) is 5.59. The number of benzene rings is 1. The predicted molar refractivity (Wildman–Crippen MR) is 110 cm³/mol. The molecule has 1 N–H and O–H groups in total. The van der Waals surface area contributed by atoms with Crippen molar-refractivity contribution in [1.29, 1.82) is 0 Å². The maximum atomic E-state index is 13.2. The number of nitrogens with one attached hydrogen (secondary N) is 1. The van der Waals surface area contributed by atoms with Crippen LogP contribution < -0.4 is 10.1 Å². The second-order valence-electron chi connectivity index (χ2n) is 7.39. The Kier molecular flexibility index (Phi) is 8.87. The highest BCUT2D eigenvalue weighted by Gasteiger charge is 2.33. The zero-order valence-electron chi connectivity index (χ0n) is 16.5. The molecule has 0 aromatic heterocycles. The molecular formula is C21H33ClN2O3. The van der Waals surface area contributed by atoms with Crippen LogP contribution in [0.15, 0.2) is 24.3 Å². The van der Waals surface area contributed by atoms with Crippen LogP contribution in [0.2, 0.25) is 0 Å². The number of hydrogen-bond donors (Lipinski definition) is 1. The highest BCUT2D eigenvalue weighted by atomic mass is 35.5. The van der Waals surface area contributed by atoms with Crippen LogP contribution in [-0.2, 0) is 9.53 Å². The van der Waals surface area contributed by atoms with Crippen LogP contribution in [-0.4, -0.2) is 49.8 Å². The Morgan fingerprint density at radius 2 is 1.89 bits per heavy atom. The second-order valence-corrected chi connectivity index (χ2v) is 7.39. The molecule has 2 atom stereocenters. The number of ether oxygens (including phenoxy) is 2. The zero-order valence-corrected chi connectivity index (χ0v) is 17.3. The molecule has 2 fully saturated rings. The molecule has 1 saturated carbocycles. The van der Waals surface area contributed by atoms with Gasteiger partial charge in [-0.25, -0.2) is 0 Å². The van der Waals surface area contributed by atoms with Crippen molar-refractivity contribution in [2.45, 2.75) is 63.7 Å². The molecule has 1 aliphatic heterocycles. The molecular weight excluding hydrogens is 364 g/mol. The van der Waals surface area contributed by atoms with Gasteiger partial charge in [0.1, 0.15) is 11.9 Å². The first kappa shape index (κ1) is 22.0. The molecule has 0 spiro atoms. The number of carbonyl (C=O) groups excluding carboxylic acids is 1. The van der Waals surface area contributed by atoms with E-state index in [9.17, 15) is 4.79 Å². The fourth-order valence-corrected chi connectivity index (χ4v) is 4.15. The standard InChI is InChI=1S/C21H32N2O3.ClH/c1-16(26-17-9-5-3-4-6-10-17)21(24)23-14-13-22-15-19(23)18-11-7-8-12-20(18)25-2;/h7-8,11-12,16-17,19,22H,3-6,9-10,13-15H2,1-2H3;1H. The lowest BCUT2D eigenvalue weighted by Crippen LogP contribution is -2.52. The number of nitrogens with zero attached hydrogens (tertiary/aromatic N) is 1. The van der Waals surface area contributed by atoms with E-state index in [2.05, 4.69) is 5.32 Å². The van der Waals surface area contributed by atoms with E-state index < -0.39 is 6.10 Å². The van der Waals surface area contributed by atoms with Crippen molar-refractivity contribution in [1.82, 2.24) is 10.2 Å². The predicted octanol–water partition coefficient (Wildman–Crippen LogP) is 3.72. The normalized spacial score (nSPS) is 22.4. The molecule has 1 saturated heterocycles. The molecule has 2 aliphatic rings. The molecule has 3 rings (SSSR count). The van der Waals surface area contributed by atoms with Gasteiger partial charge >= 0.3 is 0 Å². The van der Waals surface area contributed by atoms with Crippen molar-refractivity contribution in [2.24, 2.45) is 0 Å². The Morgan fingerprint density at radius 1 is 1.19 bits per heavy atom. The summed E-state index contributed by atoms with van der Waals surface area (Å²) in [6.07, 6.45) is 6.99. The van der Waals surface area contributed by atoms with Crippen LogP contribution in [0, 0.1) is 0 Å². The van der Waals surface area contributed by atoms with Gasteiger partial charge in [0.25, 0.3) is 5.91 Å². The fraction of sp³-hybridized carbons (Fsp3) is 0.667. The maximum absolute atomic E-state index is 13.2. The highest BCUT2D eigenvalue weighted by molar-refractivity contribution is 5.85. The number of methoxy groups -OCH3 is 1. The second kappa shape index (κ2) is 10.9. The maximum Gasteiger partial charge on any atom is 0.252 e. The summed E-state index contributed by atoms with van der Waals surface area (Å²) in [5.74, 6) is 0.919. The average Bonchev–Trinajstić information content (AvgIpc) is 2.96. The SMILES string of the molecule is COc1ccccc1C1CNCCN1C(=O)C(C)OC1CCCCCC1.Cl. The van der Waals surface area contributed by atoms with E-state index in [1.807, 2.05) is 36.1 Å². The molecule has 1 amide bonds. The monoisotopic (exact) mass is 396 g/mol. The van der Waals surface area contributed by atoms with Crippen molar-refractivity contribution >= 4 is 18.3 Å². The van der Waals surface area contributed by atoms with Gasteiger partial charge < -0.3 is 19.7 Å². The van der Waals surface area contributed by atoms with Crippen molar-refractivity contribution in [3.05, 3.63) is 29.8 Å². The van der Waals surface area contributed by atoms with E-state index in [0.29, 0.717) is 6.54 Å². The highest BCUT2D eigenvalue weighted by Crippen LogP contribution is 2.31. The molecule has 0 bridgehead atoms. The van der Waals surface area contributed by atoms with E-state index in [-0.39, 0.29) is 30.5 Å². The third-order valence-corrected chi connectivity index (χ3v) is 5.57. The van der Waals surface area contributed by atoms with E-state index in [0.717, 1.165) is 37.2 Å². The Labute approximate surface area is 169 Å². The van der Waals surface area contributed by atoms with Gasteiger partial charge in [0, 0.05) is 25.2 Å². The minimum atomic E-state index is -0.395. The molecule has 5 nitrogen and oxygen atoms in total. The summed E-state index contributed by atoms with van der Waals surface area (Å²) in [6.45, 7) is 4.16. The van der Waals surface area contributed by atoms with Crippen LogP contribution in [0.3, 0.4) is 0 Å². The molecule has 2 unspecified atom stereocenters. The third-order valence-electron chi connectivity index (χ3n) is 5.57. The van der Waals surface area contributed by atoms with Crippen LogP contribution in [0.4, 0.5) is 0 Å². The minimum absolute atomic E-state index is 0. The van der Waals surface area contributed by atoms with Crippen molar-refractivity contribution in [3.8, 4) is 5.75 Å². The molecule has 1 aliphatic carbocycles. The summed E-state index contributed by atoms with van der Waals surface area (Å²) in [7, 11) is 1.68. The molecule has 27 heavy (non-hydrogen) atoms. The smallest absolute Gasteiger partial charge is 0.252 e. The van der Waals surface area contributed by atoms with Gasteiger partial charge in [-0.1, -0.05) is 43.9 Å². The number of piperazine rings is 1. The van der Waals surface area contributed by atoms with Crippen LogP contribution in [0.25, 0.3) is 0 Å². The quantitative estimate of drug-likeness (QED) is 0.770. The number of carbonyl (C=O) groups is 1. The Balaban J connectivity index is 0.00000261. The van der Waals surface area contributed by atoms with E-state index in [4.69, 9.17) is 9.47 Å². The van der Waals surface area contributed by atoms with E-state index in [1.54, 1.807) is 7.11 Å². The summed E-state index contributed by atoms with van der Waals surface area (Å²) in [4.78, 5) is 15.1. The Bertz CT molecular complexity index is 591. The van der Waals surface area contributed by atoms with E-state index >= 15 is 0 Å². The van der Waals surface area contributed by atoms with Gasteiger partial charge in [0.05, 0.1) is 19.3 Å². The van der Waals surface area contributed by atoms with Crippen molar-refractivity contribution < 1.29 is 14.3 Å². The zero-order chi connectivity index (χ0) is 18.4. The molecule has 0 radical (unpaired) electrons. The fourth-order valence-electron chi connectivity index (χ4n) is 4.15. The molecule has 152 valence electrons. The average molecular weight is 397 g/mol.